The fourth-order valence-corrected chi connectivity index (χ4v) is 1.30. The number of hydrogen-bond donors (Lipinski definition) is 1. The van der Waals surface area contributed by atoms with Crippen molar-refractivity contribution in [2.45, 2.75) is 6.42 Å². The Morgan fingerprint density at radius 1 is 1.50 bits per heavy atom. The van der Waals surface area contributed by atoms with Crippen molar-refractivity contribution >= 4 is 11.8 Å². The summed E-state index contributed by atoms with van der Waals surface area (Å²) in [6.45, 7) is 1.23. The molecule has 1 aliphatic rings. The van der Waals surface area contributed by atoms with E-state index in [1.807, 2.05) is 11.8 Å². The molecule has 2 heteroatoms. The third-order valence-corrected chi connectivity index (χ3v) is 1.83. The molecule has 0 aromatic heterocycles. The second-order valence-electron chi connectivity index (χ2n) is 1.41. The van der Waals surface area contributed by atoms with Crippen molar-refractivity contribution in [3.05, 3.63) is 0 Å². The van der Waals surface area contributed by atoms with Gasteiger partial charge in [-0.25, -0.2) is 0 Å². The first kappa shape index (κ1) is 4.47. The third kappa shape index (κ3) is 1.19. The Labute approximate surface area is 42.5 Å². The molecule has 0 amide bonds. The molecule has 0 saturated carbocycles. The van der Waals surface area contributed by atoms with Crippen molar-refractivity contribution in [1.82, 2.24) is 5.32 Å². The second kappa shape index (κ2) is 2.48. The van der Waals surface area contributed by atoms with E-state index in [2.05, 4.69) is 5.32 Å². The van der Waals surface area contributed by atoms with Crippen LogP contribution in [0, 0.1) is 0 Å². The molecular formula is C4H9NS. The van der Waals surface area contributed by atoms with Gasteiger partial charge in [0.1, 0.15) is 0 Å². The van der Waals surface area contributed by atoms with Gasteiger partial charge in [0.15, 0.2) is 0 Å². The lowest BCUT2D eigenvalue weighted by atomic mass is 10.5. The minimum Gasteiger partial charge on any atom is -0.308 e. The Morgan fingerprint density at radius 2 is 2.50 bits per heavy atom. The first-order valence-electron chi connectivity index (χ1n) is 2.28. The average Bonchev–Trinajstić information content (AvgIpc) is 1.72. The summed E-state index contributed by atoms with van der Waals surface area (Å²) >= 11 is 1.98. The van der Waals surface area contributed by atoms with Crippen LogP contribution in [0.4, 0.5) is 0 Å². The number of nitrogens with one attached hydrogen (secondary N) is 1. The van der Waals surface area contributed by atoms with E-state index in [1.165, 1.54) is 24.6 Å². The summed E-state index contributed by atoms with van der Waals surface area (Å²) in [7, 11) is 0. The molecule has 0 aromatic carbocycles. The largest absolute Gasteiger partial charge is 0.308 e. The van der Waals surface area contributed by atoms with Gasteiger partial charge >= 0.3 is 0 Å². The van der Waals surface area contributed by atoms with E-state index in [4.69, 9.17) is 0 Å². The molecule has 6 heavy (non-hydrogen) atoms. The van der Waals surface area contributed by atoms with E-state index >= 15 is 0 Å². The summed E-state index contributed by atoms with van der Waals surface area (Å²) in [5.41, 5.74) is 0. The number of rotatable bonds is 0. The smallest absolute Gasteiger partial charge is 0.0417 e. The van der Waals surface area contributed by atoms with Crippen molar-refractivity contribution in [2.75, 3.05) is 18.2 Å². The van der Waals surface area contributed by atoms with E-state index in [1.54, 1.807) is 0 Å². The van der Waals surface area contributed by atoms with Crippen molar-refractivity contribution in [3.63, 3.8) is 0 Å². The van der Waals surface area contributed by atoms with E-state index in [0.717, 1.165) is 0 Å². The topological polar surface area (TPSA) is 12.0 Å². The fraction of sp³-hybridized carbons (Fsp3) is 1.00. The van der Waals surface area contributed by atoms with Gasteiger partial charge in [-0.3, -0.25) is 0 Å². The predicted molar refractivity (Wildman–Crippen MR) is 29.9 cm³/mol. The van der Waals surface area contributed by atoms with Crippen molar-refractivity contribution in [3.8, 4) is 0 Å². The highest BCUT2D eigenvalue weighted by molar-refractivity contribution is 7.99. The minimum absolute atomic E-state index is 1.17. The van der Waals surface area contributed by atoms with Crippen LogP contribution >= 0.6 is 11.8 Å². The molecule has 1 fully saturated rings. The van der Waals surface area contributed by atoms with E-state index < -0.39 is 0 Å². The molecule has 0 radical (unpaired) electrons. The summed E-state index contributed by atoms with van der Waals surface area (Å²) in [6, 6.07) is 0. The lowest BCUT2D eigenvalue weighted by molar-refractivity contribution is 0.740. The molecule has 1 saturated heterocycles. The van der Waals surface area contributed by atoms with Crippen LogP contribution in [0.2, 0.25) is 0 Å². The number of hydrogen-bond acceptors (Lipinski definition) is 2. The molecule has 0 atom stereocenters. The Morgan fingerprint density at radius 3 is 2.67 bits per heavy atom. The van der Waals surface area contributed by atoms with Gasteiger partial charge < -0.3 is 5.32 Å². The normalized spacial score (nSPS) is 24.0. The summed E-state index contributed by atoms with van der Waals surface area (Å²) in [6.07, 6.45) is 1.35. The minimum atomic E-state index is 1.17. The van der Waals surface area contributed by atoms with Gasteiger partial charge in [0.25, 0.3) is 0 Å². The van der Waals surface area contributed by atoms with Gasteiger partial charge in [-0.05, 0) is 18.7 Å². The summed E-state index contributed by atoms with van der Waals surface area (Å²) < 4.78 is 0. The van der Waals surface area contributed by atoms with Crippen molar-refractivity contribution < 1.29 is 0 Å². The first-order valence-corrected chi connectivity index (χ1v) is 3.44. The van der Waals surface area contributed by atoms with Crippen LogP contribution in [0.5, 0.6) is 0 Å². The zero-order valence-electron chi connectivity index (χ0n) is 3.74. The highest BCUT2D eigenvalue weighted by Crippen LogP contribution is 2.02. The maximum Gasteiger partial charge on any atom is 0.0417 e. The first-order chi connectivity index (χ1) is 3.00. The lowest BCUT2D eigenvalue weighted by Gasteiger charge is -2.08. The molecule has 0 bridgehead atoms. The van der Waals surface area contributed by atoms with Crippen molar-refractivity contribution in [1.29, 1.82) is 0 Å². The van der Waals surface area contributed by atoms with Crippen LogP contribution in [0.25, 0.3) is 0 Å². The van der Waals surface area contributed by atoms with Crippen LogP contribution < -0.4 is 5.32 Å². The molecule has 0 aromatic rings. The molecule has 0 spiro atoms. The summed E-state index contributed by atoms with van der Waals surface area (Å²) in [5.74, 6) is 2.52. The monoisotopic (exact) mass is 103 g/mol. The zero-order chi connectivity index (χ0) is 4.24. The predicted octanol–water partition coefficient (Wildman–Crippen LogP) is 0.670. The zero-order valence-corrected chi connectivity index (χ0v) is 4.55. The van der Waals surface area contributed by atoms with E-state index in [0.29, 0.717) is 0 Å². The van der Waals surface area contributed by atoms with Crippen LogP contribution in [0.3, 0.4) is 0 Å². The van der Waals surface area contributed by atoms with Gasteiger partial charge in [-0.1, -0.05) is 0 Å². The van der Waals surface area contributed by atoms with Crippen LogP contribution in [0.15, 0.2) is 0 Å². The highest BCUT2D eigenvalue weighted by Gasteiger charge is 1.93. The molecule has 0 aliphatic carbocycles. The number of thioether (sulfide) groups is 1. The fourth-order valence-electron chi connectivity index (χ4n) is 0.516. The van der Waals surface area contributed by atoms with Gasteiger partial charge in [0.2, 0.25) is 0 Å². The summed E-state index contributed by atoms with van der Waals surface area (Å²) in [5, 5.41) is 3.25. The maximum absolute atomic E-state index is 3.25. The molecule has 1 heterocycles. The molecule has 1 rings (SSSR count). The van der Waals surface area contributed by atoms with Gasteiger partial charge in [-0.2, -0.15) is 0 Å². The average molecular weight is 103 g/mol. The molecule has 1 aliphatic heterocycles. The van der Waals surface area contributed by atoms with Gasteiger partial charge in [0.05, 0.1) is 0 Å². The Hall–Kier alpha value is 0.310. The van der Waals surface area contributed by atoms with Crippen molar-refractivity contribution in [2.24, 2.45) is 0 Å². The second-order valence-corrected chi connectivity index (χ2v) is 2.51. The lowest BCUT2D eigenvalue weighted by Crippen LogP contribution is -2.19. The molecule has 36 valence electrons. The standard InChI is InChI=1S/C4H9NS/c1-2-5-4-6-3-1/h5H,1-4H2. The Kier molecular flexibility index (Phi) is 1.85. The van der Waals surface area contributed by atoms with Crippen LogP contribution in [-0.4, -0.2) is 18.2 Å². The van der Waals surface area contributed by atoms with Gasteiger partial charge in [-0.15, -0.1) is 11.8 Å². The van der Waals surface area contributed by atoms with E-state index in [9.17, 15) is 0 Å². The van der Waals surface area contributed by atoms with Crippen LogP contribution in [0.1, 0.15) is 6.42 Å². The molecule has 0 unspecified atom stereocenters. The maximum atomic E-state index is 3.25. The Balaban J connectivity index is 2.00. The molecule has 1 N–H and O–H groups in total. The van der Waals surface area contributed by atoms with Crippen LogP contribution in [-0.2, 0) is 0 Å². The molecule has 1 nitrogen and oxygen atoms in total. The van der Waals surface area contributed by atoms with Gasteiger partial charge in [0, 0.05) is 5.88 Å². The highest BCUT2D eigenvalue weighted by atomic mass is 32.2. The SMILES string of the molecule is C1CNCSC1. The summed E-state index contributed by atoms with van der Waals surface area (Å²) in [4.78, 5) is 0. The van der Waals surface area contributed by atoms with E-state index in [-0.39, 0.29) is 0 Å². The Bertz CT molecular complexity index is 23.0. The quantitative estimate of drug-likeness (QED) is 0.483. The third-order valence-electron chi connectivity index (χ3n) is 0.846. The molecular weight excluding hydrogens is 94.1 g/mol.